The van der Waals surface area contributed by atoms with Crippen LogP contribution in [-0.2, 0) is 22.7 Å². The maximum Gasteiger partial charge on any atom is 0.410 e. The molecule has 1 heterocycles. The Morgan fingerprint density at radius 2 is 1.67 bits per heavy atom. The molecule has 0 N–H and O–H groups in total. The quantitative estimate of drug-likeness (QED) is 0.713. The van der Waals surface area contributed by atoms with Gasteiger partial charge < -0.3 is 14.5 Å². The number of hydrogen-bond donors (Lipinski definition) is 0. The summed E-state index contributed by atoms with van der Waals surface area (Å²) in [5.41, 5.74) is 2.03. The van der Waals surface area contributed by atoms with Gasteiger partial charge in [0, 0.05) is 32.6 Å². The summed E-state index contributed by atoms with van der Waals surface area (Å²) in [6.45, 7) is 2.84. The zero-order valence-electron chi connectivity index (χ0n) is 15.5. The van der Waals surface area contributed by atoms with Crippen molar-refractivity contribution in [2.75, 3.05) is 19.6 Å². The normalized spacial score (nSPS) is 13.6. The minimum Gasteiger partial charge on any atom is -0.445 e. The van der Waals surface area contributed by atoms with Crippen LogP contribution in [0.5, 0.6) is 0 Å². The molecule has 0 saturated carbocycles. The van der Waals surface area contributed by atoms with Crippen LogP contribution in [0.25, 0.3) is 0 Å². The number of ether oxygens (including phenoxy) is 1. The molecule has 2 aromatic carbocycles. The Morgan fingerprint density at radius 1 is 1.00 bits per heavy atom. The van der Waals surface area contributed by atoms with Crippen LogP contribution >= 0.6 is 0 Å². The molecule has 0 bridgehead atoms. The summed E-state index contributed by atoms with van der Waals surface area (Å²) in [5, 5.41) is 0. The summed E-state index contributed by atoms with van der Waals surface area (Å²) >= 11 is 0. The molecule has 0 aliphatic carbocycles. The van der Waals surface area contributed by atoms with Gasteiger partial charge in [-0.1, -0.05) is 60.7 Å². The standard InChI is InChI=1S/C22H26N2O3/c25-21-13-7-14-23(21)15-8-16-24(17-19-9-3-1-4-10-19)22(26)27-18-20-11-5-2-6-12-20/h1-6,9-12H,7-8,13-18H2. The van der Waals surface area contributed by atoms with Gasteiger partial charge in [0.2, 0.25) is 5.91 Å². The van der Waals surface area contributed by atoms with E-state index >= 15 is 0 Å². The molecule has 5 heteroatoms. The lowest BCUT2D eigenvalue weighted by molar-refractivity contribution is -0.127. The van der Waals surface area contributed by atoms with Gasteiger partial charge in [-0.2, -0.15) is 0 Å². The molecule has 0 spiro atoms. The van der Waals surface area contributed by atoms with Crippen molar-refractivity contribution in [2.45, 2.75) is 32.4 Å². The maximum absolute atomic E-state index is 12.6. The summed E-state index contributed by atoms with van der Waals surface area (Å²) < 4.78 is 5.51. The minimum atomic E-state index is -0.324. The van der Waals surface area contributed by atoms with Crippen molar-refractivity contribution in [1.82, 2.24) is 9.80 Å². The first-order chi connectivity index (χ1) is 13.2. The Balaban J connectivity index is 1.56. The van der Waals surface area contributed by atoms with Crippen molar-refractivity contribution < 1.29 is 14.3 Å². The van der Waals surface area contributed by atoms with E-state index in [-0.39, 0.29) is 18.6 Å². The van der Waals surface area contributed by atoms with Gasteiger partial charge in [-0.25, -0.2) is 4.79 Å². The molecular weight excluding hydrogens is 340 g/mol. The molecule has 2 aromatic rings. The van der Waals surface area contributed by atoms with E-state index in [2.05, 4.69) is 0 Å². The number of amides is 2. The van der Waals surface area contributed by atoms with Crippen LogP contribution in [0.4, 0.5) is 4.79 Å². The molecule has 1 fully saturated rings. The highest BCUT2D eigenvalue weighted by molar-refractivity contribution is 5.78. The van der Waals surface area contributed by atoms with Crippen LogP contribution in [0.3, 0.4) is 0 Å². The van der Waals surface area contributed by atoms with Crippen molar-refractivity contribution in [2.24, 2.45) is 0 Å². The smallest absolute Gasteiger partial charge is 0.410 e. The average Bonchev–Trinajstić information content (AvgIpc) is 3.12. The molecule has 0 atom stereocenters. The minimum absolute atomic E-state index is 0.219. The third-order valence-electron chi connectivity index (χ3n) is 4.71. The van der Waals surface area contributed by atoms with Crippen molar-refractivity contribution in [3.8, 4) is 0 Å². The molecule has 1 aliphatic rings. The lowest BCUT2D eigenvalue weighted by Gasteiger charge is -2.24. The van der Waals surface area contributed by atoms with Gasteiger partial charge in [0.15, 0.2) is 0 Å². The fourth-order valence-electron chi connectivity index (χ4n) is 3.24. The van der Waals surface area contributed by atoms with E-state index in [1.165, 1.54) is 0 Å². The molecule has 142 valence electrons. The van der Waals surface area contributed by atoms with E-state index in [1.54, 1.807) is 4.90 Å². The van der Waals surface area contributed by atoms with Gasteiger partial charge in [0.05, 0.1) is 0 Å². The largest absolute Gasteiger partial charge is 0.445 e. The van der Waals surface area contributed by atoms with Crippen molar-refractivity contribution in [1.29, 1.82) is 0 Å². The van der Waals surface area contributed by atoms with E-state index in [4.69, 9.17) is 4.74 Å². The van der Waals surface area contributed by atoms with Crippen molar-refractivity contribution in [3.63, 3.8) is 0 Å². The van der Waals surface area contributed by atoms with E-state index in [0.717, 1.165) is 30.5 Å². The van der Waals surface area contributed by atoms with Gasteiger partial charge in [0.25, 0.3) is 0 Å². The Morgan fingerprint density at radius 3 is 2.30 bits per heavy atom. The van der Waals surface area contributed by atoms with Crippen molar-refractivity contribution in [3.05, 3.63) is 71.8 Å². The molecule has 1 saturated heterocycles. The molecular formula is C22H26N2O3. The first-order valence-electron chi connectivity index (χ1n) is 9.50. The molecule has 0 unspecified atom stereocenters. The van der Waals surface area contributed by atoms with Crippen molar-refractivity contribution >= 4 is 12.0 Å². The Kier molecular flexibility index (Phi) is 6.85. The molecule has 0 aromatic heterocycles. The van der Waals surface area contributed by atoms with E-state index in [9.17, 15) is 9.59 Å². The van der Waals surface area contributed by atoms with Crippen LogP contribution in [0.1, 0.15) is 30.4 Å². The summed E-state index contributed by atoms with van der Waals surface area (Å²) in [4.78, 5) is 28.0. The summed E-state index contributed by atoms with van der Waals surface area (Å²) in [6.07, 6.45) is 2.01. The first kappa shape index (κ1) is 19.0. The average molecular weight is 366 g/mol. The fourth-order valence-corrected chi connectivity index (χ4v) is 3.24. The van der Waals surface area contributed by atoms with E-state index in [0.29, 0.717) is 26.1 Å². The maximum atomic E-state index is 12.6. The molecule has 1 aliphatic heterocycles. The first-order valence-corrected chi connectivity index (χ1v) is 9.50. The zero-order chi connectivity index (χ0) is 18.9. The zero-order valence-corrected chi connectivity index (χ0v) is 15.5. The van der Waals surface area contributed by atoms with Gasteiger partial charge in [-0.3, -0.25) is 4.79 Å². The Hall–Kier alpha value is -2.82. The van der Waals surface area contributed by atoms with Crippen LogP contribution in [0, 0.1) is 0 Å². The summed E-state index contributed by atoms with van der Waals surface area (Å²) in [6, 6.07) is 19.6. The molecule has 5 nitrogen and oxygen atoms in total. The number of hydrogen-bond acceptors (Lipinski definition) is 3. The second kappa shape index (κ2) is 9.76. The number of carbonyl (C=O) groups is 2. The topological polar surface area (TPSA) is 49.9 Å². The second-order valence-corrected chi connectivity index (χ2v) is 6.79. The Labute approximate surface area is 160 Å². The fraction of sp³-hybridized carbons (Fsp3) is 0.364. The number of nitrogens with zero attached hydrogens (tertiary/aromatic N) is 2. The monoisotopic (exact) mass is 366 g/mol. The molecule has 27 heavy (non-hydrogen) atoms. The van der Waals surface area contributed by atoms with Gasteiger partial charge in [0.1, 0.15) is 6.61 Å². The predicted molar refractivity (Wildman–Crippen MR) is 104 cm³/mol. The summed E-state index contributed by atoms with van der Waals surface area (Å²) in [7, 11) is 0. The number of rotatable bonds is 8. The van der Waals surface area contributed by atoms with E-state index < -0.39 is 0 Å². The Bertz CT molecular complexity index is 734. The molecule has 0 radical (unpaired) electrons. The van der Waals surface area contributed by atoms with Gasteiger partial charge >= 0.3 is 6.09 Å². The van der Waals surface area contributed by atoms with Gasteiger partial charge in [-0.05, 0) is 24.0 Å². The third kappa shape index (κ3) is 5.84. The van der Waals surface area contributed by atoms with E-state index in [1.807, 2.05) is 65.6 Å². The third-order valence-corrected chi connectivity index (χ3v) is 4.71. The lowest BCUT2D eigenvalue weighted by atomic mass is 10.2. The van der Waals surface area contributed by atoms with Crippen LogP contribution in [0.2, 0.25) is 0 Å². The highest BCUT2D eigenvalue weighted by Gasteiger charge is 2.21. The molecule has 2 amide bonds. The molecule has 3 rings (SSSR count). The summed E-state index contributed by atoms with van der Waals surface area (Å²) in [5.74, 6) is 0.219. The lowest BCUT2D eigenvalue weighted by Crippen LogP contribution is -2.34. The van der Waals surface area contributed by atoms with Crippen LogP contribution in [0.15, 0.2) is 60.7 Å². The second-order valence-electron chi connectivity index (χ2n) is 6.79. The predicted octanol–water partition coefficient (Wildman–Crippen LogP) is 3.84. The number of likely N-dealkylation sites (tertiary alicyclic amines) is 1. The highest BCUT2D eigenvalue weighted by Crippen LogP contribution is 2.12. The number of benzene rings is 2. The van der Waals surface area contributed by atoms with Crippen LogP contribution < -0.4 is 0 Å². The van der Waals surface area contributed by atoms with Gasteiger partial charge in [-0.15, -0.1) is 0 Å². The number of carbonyl (C=O) groups excluding carboxylic acids is 2. The van der Waals surface area contributed by atoms with Crippen LogP contribution in [-0.4, -0.2) is 41.4 Å². The highest BCUT2D eigenvalue weighted by atomic mass is 16.6. The SMILES string of the molecule is O=C1CCCN1CCCN(Cc1ccccc1)C(=O)OCc1ccccc1.